The number of phenolic OH excluding ortho intramolecular Hbond substituents is 1. The van der Waals surface area contributed by atoms with Crippen molar-refractivity contribution in [1.29, 1.82) is 0 Å². The molecule has 0 amide bonds. The lowest BCUT2D eigenvalue weighted by Gasteiger charge is -2.20. The predicted molar refractivity (Wildman–Crippen MR) is 69.4 cm³/mol. The molecular weight excluding hydrogens is 286 g/mol. The molecule has 0 aliphatic heterocycles. The van der Waals surface area contributed by atoms with Crippen LogP contribution < -0.4 is 5.73 Å². The molecule has 0 radical (unpaired) electrons. The van der Waals surface area contributed by atoms with Crippen LogP contribution in [0.1, 0.15) is 28.2 Å². The molecule has 0 saturated heterocycles. The van der Waals surface area contributed by atoms with Crippen molar-refractivity contribution < 1.29 is 15.0 Å². The topological polar surface area (TPSA) is 83.6 Å². The fourth-order valence-corrected chi connectivity index (χ4v) is 2.50. The second-order valence-corrected chi connectivity index (χ2v) is 4.87. The van der Waals surface area contributed by atoms with Crippen LogP contribution in [0.4, 0.5) is 0 Å². The van der Waals surface area contributed by atoms with Crippen LogP contribution >= 0.6 is 15.9 Å². The van der Waals surface area contributed by atoms with E-state index in [1.165, 1.54) is 0 Å². The van der Waals surface area contributed by atoms with Crippen molar-refractivity contribution in [2.45, 2.75) is 26.7 Å². The lowest BCUT2D eigenvalue weighted by Crippen LogP contribution is -2.23. The zero-order chi connectivity index (χ0) is 13.3. The maximum absolute atomic E-state index is 11.2. The van der Waals surface area contributed by atoms with Gasteiger partial charge in [0.15, 0.2) is 0 Å². The molecule has 4 N–H and O–H groups in total. The van der Waals surface area contributed by atoms with E-state index >= 15 is 0 Å². The molecule has 1 unspecified atom stereocenters. The molecule has 0 fully saturated rings. The Labute approximate surface area is 109 Å². The van der Waals surface area contributed by atoms with E-state index in [0.29, 0.717) is 15.6 Å². The standard InChI is InChI=1S/C12H16BrNO3/c1-5-6(2)11(15)10(13)7(3)9(5)8(4-14)12(16)17/h8,15H,4,14H2,1-3H3,(H,16,17). The van der Waals surface area contributed by atoms with Gasteiger partial charge in [-0.2, -0.15) is 0 Å². The van der Waals surface area contributed by atoms with E-state index in [0.717, 1.165) is 11.1 Å². The average Bonchev–Trinajstić information content (AvgIpc) is 2.29. The Bertz CT molecular complexity index is 442. The number of benzene rings is 1. The van der Waals surface area contributed by atoms with Crippen molar-refractivity contribution in [2.24, 2.45) is 5.73 Å². The third-order valence-corrected chi connectivity index (χ3v) is 4.12. The smallest absolute Gasteiger partial charge is 0.312 e. The van der Waals surface area contributed by atoms with Gasteiger partial charge < -0.3 is 15.9 Å². The van der Waals surface area contributed by atoms with Gasteiger partial charge in [0, 0.05) is 6.54 Å². The summed E-state index contributed by atoms with van der Waals surface area (Å²) in [5, 5.41) is 19.0. The number of aromatic hydroxyl groups is 1. The molecule has 0 bridgehead atoms. The predicted octanol–water partition coefficient (Wildman–Crippen LogP) is 2.21. The molecule has 0 aromatic heterocycles. The zero-order valence-corrected chi connectivity index (χ0v) is 11.6. The van der Waals surface area contributed by atoms with Crippen molar-refractivity contribution in [3.05, 3.63) is 26.7 Å². The second-order valence-electron chi connectivity index (χ2n) is 4.08. The Morgan fingerprint density at radius 2 is 1.82 bits per heavy atom. The number of aliphatic carboxylic acids is 1. The minimum absolute atomic E-state index is 0.0354. The minimum Gasteiger partial charge on any atom is -0.506 e. The maximum Gasteiger partial charge on any atom is 0.312 e. The molecule has 0 saturated carbocycles. The van der Waals surface area contributed by atoms with Gasteiger partial charge >= 0.3 is 5.97 Å². The van der Waals surface area contributed by atoms with Crippen LogP contribution in [0.25, 0.3) is 0 Å². The van der Waals surface area contributed by atoms with E-state index in [1.54, 1.807) is 20.8 Å². The fraction of sp³-hybridized carbons (Fsp3) is 0.417. The van der Waals surface area contributed by atoms with Crippen molar-refractivity contribution in [3.63, 3.8) is 0 Å². The lowest BCUT2D eigenvalue weighted by atomic mass is 9.88. The first-order chi connectivity index (χ1) is 7.82. The highest BCUT2D eigenvalue weighted by atomic mass is 79.9. The molecule has 1 rings (SSSR count). The van der Waals surface area contributed by atoms with Crippen LogP contribution in [0.2, 0.25) is 0 Å². The SMILES string of the molecule is Cc1c(C)c(C(CN)C(=O)O)c(C)c(Br)c1O. The highest BCUT2D eigenvalue weighted by Gasteiger charge is 2.25. The first kappa shape index (κ1) is 14.0. The summed E-state index contributed by atoms with van der Waals surface area (Å²) in [6.45, 7) is 5.37. The molecule has 1 aromatic rings. The largest absolute Gasteiger partial charge is 0.506 e. The van der Waals surface area contributed by atoms with Gasteiger partial charge in [-0.1, -0.05) is 0 Å². The number of phenols is 1. The van der Waals surface area contributed by atoms with Gasteiger partial charge in [0.25, 0.3) is 0 Å². The quantitative estimate of drug-likeness (QED) is 0.799. The number of hydrogen-bond acceptors (Lipinski definition) is 3. The van der Waals surface area contributed by atoms with Crippen molar-refractivity contribution >= 4 is 21.9 Å². The zero-order valence-electron chi connectivity index (χ0n) is 10.0. The second kappa shape index (κ2) is 5.06. The Kier molecular flexibility index (Phi) is 4.16. The van der Waals surface area contributed by atoms with Crippen LogP contribution in [-0.2, 0) is 4.79 Å². The molecule has 0 aliphatic rings. The number of hydrogen-bond donors (Lipinski definition) is 3. The molecule has 0 aliphatic carbocycles. The molecular formula is C12H16BrNO3. The van der Waals surface area contributed by atoms with Gasteiger partial charge in [-0.15, -0.1) is 0 Å². The Morgan fingerprint density at radius 1 is 1.29 bits per heavy atom. The highest BCUT2D eigenvalue weighted by Crippen LogP contribution is 2.38. The molecule has 94 valence electrons. The monoisotopic (exact) mass is 301 g/mol. The molecule has 0 heterocycles. The third-order valence-electron chi connectivity index (χ3n) is 3.15. The van der Waals surface area contributed by atoms with Gasteiger partial charge in [-0.05, 0) is 59.0 Å². The van der Waals surface area contributed by atoms with E-state index in [1.807, 2.05) is 0 Å². The number of carboxylic acids is 1. The summed E-state index contributed by atoms with van der Waals surface area (Å²) in [6, 6.07) is 0. The molecule has 0 spiro atoms. The van der Waals surface area contributed by atoms with Crippen LogP contribution in [0, 0.1) is 20.8 Å². The summed E-state index contributed by atoms with van der Waals surface area (Å²) >= 11 is 3.28. The number of halogens is 1. The molecule has 17 heavy (non-hydrogen) atoms. The number of carboxylic acid groups (broad SMARTS) is 1. The lowest BCUT2D eigenvalue weighted by molar-refractivity contribution is -0.138. The van der Waals surface area contributed by atoms with Gasteiger partial charge in [0.05, 0.1) is 10.4 Å². The van der Waals surface area contributed by atoms with E-state index in [4.69, 9.17) is 10.8 Å². The Hall–Kier alpha value is -1.07. The Balaban J connectivity index is 3.58. The molecule has 5 heteroatoms. The summed E-state index contributed by atoms with van der Waals surface area (Å²) < 4.78 is 0.537. The number of rotatable bonds is 3. The first-order valence-electron chi connectivity index (χ1n) is 5.23. The van der Waals surface area contributed by atoms with E-state index in [2.05, 4.69) is 15.9 Å². The van der Waals surface area contributed by atoms with Crippen LogP contribution in [0.3, 0.4) is 0 Å². The summed E-state index contributed by atoms with van der Waals surface area (Å²) in [6.07, 6.45) is 0. The minimum atomic E-state index is -0.948. The van der Waals surface area contributed by atoms with Gasteiger partial charge in [0.1, 0.15) is 5.75 Å². The highest BCUT2D eigenvalue weighted by molar-refractivity contribution is 9.10. The third kappa shape index (κ3) is 2.30. The maximum atomic E-state index is 11.2. The normalized spacial score (nSPS) is 12.5. The van der Waals surface area contributed by atoms with Crippen molar-refractivity contribution in [2.75, 3.05) is 6.54 Å². The van der Waals surface area contributed by atoms with Gasteiger partial charge in [-0.25, -0.2) is 0 Å². The number of nitrogens with two attached hydrogens (primary N) is 1. The summed E-state index contributed by atoms with van der Waals surface area (Å²) in [4.78, 5) is 11.2. The summed E-state index contributed by atoms with van der Waals surface area (Å²) in [7, 11) is 0. The van der Waals surface area contributed by atoms with E-state index in [-0.39, 0.29) is 12.3 Å². The summed E-state index contributed by atoms with van der Waals surface area (Å²) in [5.74, 6) is -1.54. The molecule has 4 nitrogen and oxygen atoms in total. The van der Waals surface area contributed by atoms with Crippen molar-refractivity contribution in [3.8, 4) is 5.75 Å². The van der Waals surface area contributed by atoms with E-state index in [9.17, 15) is 9.90 Å². The fourth-order valence-electron chi connectivity index (χ4n) is 1.99. The van der Waals surface area contributed by atoms with Gasteiger partial charge in [-0.3, -0.25) is 4.79 Å². The van der Waals surface area contributed by atoms with Crippen molar-refractivity contribution in [1.82, 2.24) is 0 Å². The average molecular weight is 302 g/mol. The number of carbonyl (C=O) groups is 1. The van der Waals surface area contributed by atoms with Gasteiger partial charge in [0.2, 0.25) is 0 Å². The molecule has 1 aromatic carbocycles. The Morgan fingerprint density at radius 3 is 2.24 bits per heavy atom. The van der Waals surface area contributed by atoms with Crippen LogP contribution in [0.15, 0.2) is 4.47 Å². The first-order valence-corrected chi connectivity index (χ1v) is 6.03. The van der Waals surface area contributed by atoms with Crippen LogP contribution in [-0.4, -0.2) is 22.7 Å². The summed E-state index contributed by atoms with van der Waals surface area (Å²) in [5.41, 5.74) is 8.39. The van der Waals surface area contributed by atoms with Crippen LogP contribution in [0.5, 0.6) is 5.75 Å². The van der Waals surface area contributed by atoms with E-state index < -0.39 is 11.9 Å². The molecule has 1 atom stereocenters.